The smallest absolute Gasteiger partial charge is 0.238 e. The molecule has 0 heterocycles. The van der Waals surface area contributed by atoms with Crippen LogP contribution in [-0.4, -0.2) is 44.0 Å². The maximum absolute atomic E-state index is 12.5. The molecule has 0 spiro atoms. The third kappa shape index (κ3) is 5.58. The van der Waals surface area contributed by atoms with E-state index in [0.717, 1.165) is 16.3 Å². The summed E-state index contributed by atoms with van der Waals surface area (Å²) in [5, 5.41) is 8.11. The zero-order chi connectivity index (χ0) is 21.5. The van der Waals surface area contributed by atoms with E-state index in [1.807, 2.05) is 37.3 Å². The van der Waals surface area contributed by atoms with Crippen LogP contribution in [0, 0.1) is 0 Å². The highest BCUT2D eigenvalue weighted by Crippen LogP contribution is 2.24. The van der Waals surface area contributed by atoms with Crippen LogP contribution in [0.25, 0.3) is 10.8 Å². The van der Waals surface area contributed by atoms with E-state index in [-0.39, 0.29) is 30.9 Å². The first-order chi connectivity index (χ1) is 14.5. The topological polar surface area (TPSA) is 70.7 Å². The van der Waals surface area contributed by atoms with Crippen LogP contribution in [0.1, 0.15) is 18.5 Å². The molecule has 2 amide bonds. The minimum atomic E-state index is -0.194. The number of methoxy groups -OCH3 is 1. The van der Waals surface area contributed by atoms with Crippen molar-refractivity contribution >= 4 is 28.3 Å². The van der Waals surface area contributed by atoms with Crippen LogP contribution in [0.4, 0.5) is 5.69 Å². The largest absolute Gasteiger partial charge is 0.497 e. The van der Waals surface area contributed by atoms with E-state index >= 15 is 0 Å². The maximum Gasteiger partial charge on any atom is 0.238 e. The molecule has 0 unspecified atom stereocenters. The molecule has 0 fully saturated rings. The van der Waals surface area contributed by atoms with Gasteiger partial charge < -0.3 is 15.4 Å². The van der Waals surface area contributed by atoms with Crippen molar-refractivity contribution in [2.24, 2.45) is 0 Å². The van der Waals surface area contributed by atoms with Gasteiger partial charge in [0.05, 0.1) is 26.2 Å². The number of carbonyl (C=O) groups is 2. The second-order valence-electron chi connectivity index (χ2n) is 7.31. The number of hydrogen-bond donors (Lipinski definition) is 2. The number of amides is 2. The molecule has 3 rings (SSSR count). The van der Waals surface area contributed by atoms with Crippen LogP contribution in [-0.2, 0) is 9.59 Å². The first-order valence-corrected chi connectivity index (χ1v) is 9.85. The van der Waals surface area contributed by atoms with Crippen molar-refractivity contribution in [2.75, 3.05) is 32.6 Å². The molecular weight excluding hydrogens is 378 g/mol. The Morgan fingerprint density at radius 2 is 1.67 bits per heavy atom. The molecule has 156 valence electrons. The maximum atomic E-state index is 12.5. The van der Waals surface area contributed by atoms with Gasteiger partial charge in [-0.05, 0) is 42.4 Å². The first kappa shape index (κ1) is 21.3. The highest BCUT2D eigenvalue weighted by Gasteiger charge is 2.15. The van der Waals surface area contributed by atoms with E-state index in [9.17, 15) is 9.59 Å². The van der Waals surface area contributed by atoms with Crippen LogP contribution in [0.2, 0.25) is 0 Å². The number of nitrogens with one attached hydrogen (secondary N) is 2. The molecule has 0 saturated heterocycles. The molecule has 0 aliphatic rings. The van der Waals surface area contributed by atoms with E-state index in [0.29, 0.717) is 11.4 Å². The Morgan fingerprint density at radius 3 is 2.47 bits per heavy atom. The van der Waals surface area contributed by atoms with E-state index in [2.05, 4.69) is 28.8 Å². The molecule has 0 radical (unpaired) electrons. The fourth-order valence-corrected chi connectivity index (χ4v) is 3.44. The molecule has 0 bridgehead atoms. The van der Waals surface area contributed by atoms with Gasteiger partial charge in [-0.25, -0.2) is 0 Å². The van der Waals surface area contributed by atoms with Gasteiger partial charge in [0.15, 0.2) is 0 Å². The predicted molar refractivity (Wildman–Crippen MR) is 120 cm³/mol. The number of anilines is 1. The molecule has 0 aromatic heterocycles. The lowest BCUT2D eigenvalue weighted by Gasteiger charge is -2.20. The lowest BCUT2D eigenvalue weighted by atomic mass is 10.00. The summed E-state index contributed by atoms with van der Waals surface area (Å²) < 4.78 is 5.16. The fraction of sp³-hybridized carbons (Fsp3) is 0.250. The van der Waals surface area contributed by atoms with Gasteiger partial charge in [-0.3, -0.25) is 14.5 Å². The fourth-order valence-electron chi connectivity index (χ4n) is 3.44. The summed E-state index contributed by atoms with van der Waals surface area (Å²) in [5.74, 6) is 0.343. The number of fused-ring (bicyclic) bond motifs is 1. The summed E-state index contributed by atoms with van der Waals surface area (Å²) >= 11 is 0. The Hall–Kier alpha value is -3.38. The molecule has 30 heavy (non-hydrogen) atoms. The molecule has 6 nitrogen and oxygen atoms in total. The second-order valence-corrected chi connectivity index (χ2v) is 7.31. The molecule has 3 aromatic rings. The summed E-state index contributed by atoms with van der Waals surface area (Å²) in [6.45, 7) is 2.20. The van der Waals surface area contributed by atoms with E-state index in [4.69, 9.17) is 4.74 Å². The van der Waals surface area contributed by atoms with Crippen molar-refractivity contribution in [3.05, 3.63) is 72.3 Å². The average molecular weight is 405 g/mol. The van der Waals surface area contributed by atoms with E-state index in [1.54, 1.807) is 37.3 Å². The minimum Gasteiger partial charge on any atom is -0.497 e. The van der Waals surface area contributed by atoms with Gasteiger partial charge >= 0.3 is 0 Å². The number of ether oxygens (including phenoxy) is 1. The summed E-state index contributed by atoms with van der Waals surface area (Å²) in [7, 11) is 3.32. The molecule has 2 N–H and O–H groups in total. The van der Waals surface area contributed by atoms with Crippen molar-refractivity contribution in [3.8, 4) is 5.75 Å². The summed E-state index contributed by atoms with van der Waals surface area (Å²) in [6.07, 6.45) is 0. The number of likely N-dealkylation sites (N-methyl/N-ethyl adjacent to an activating group) is 1. The van der Waals surface area contributed by atoms with Crippen molar-refractivity contribution in [2.45, 2.75) is 13.0 Å². The molecule has 0 aliphatic carbocycles. The normalized spacial score (nSPS) is 11.9. The lowest BCUT2D eigenvalue weighted by Crippen LogP contribution is -2.39. The van der Waals surface area contributed by atoms with Gasteiger partial charge in [0.1, 0.15) is 5.75 Å². The Balaban J connectivity index is 1.53. The molecule has 0 saturated carbocycles. The van der Waals surface area contributed by atoms with Crippen LogP contribution < -0.4 is 15.4 Å². The van der Waals surface area contributed by atoms with Gasteiger partial charge in [0.25, 0.3) is 0 Å². The zero-order valence-electron chi connectivity index (χ0n) is 17.5. The van der Waals surface area contributed by atoms with Gasteiger partial charge in [-0.15, -0.1) is 0 Å². The zero-order valence-corrected chi connectivity index (χ0v) is 17.5. The van der Waals surface area contributed by atoms with Crippen LogP contribution in [0.15, 0.2) is 66.7 Å². The Labute approximate surface area is 176 Å². The van der Waals surface area contributed by atoms with Crippen LogP contribution >= 0.6 is 0 Å². The third-order valence-corrected chi connectivity index (χ3v) is 4.85. The average Bonchev–Trinajstić information content (AvgIpc) is 2.73. The third-order valence-electron chi connectivity index (χ3n) is 4.85. The van der Waals surface area contributed by atoms with Crippen LogP contribution in [0.5, 0.6) is 5.75 Å². The second kappa shape index (κ2) is 9.89. The first-order valence-electron chi connectivity index (χ1n) is 9.85. The van der Waals surface area contributed by atoms with Crippen molar-refractivity contribution < 1.29 is 14.3 Å². The lowest BCUT2D eigenvalue weighted by molar-refractivity contribution is -0.123. The monoisotopic (exact) mass is 405 g/mol. The van der Waals surface area contributed by atoms with Crippen LogP contribution in [0.3, 0.4) is 0 Å². The van der Waals surface area contributed by atoms with Crippen molar-refractivity contribution in [3.63, 3.8) is 0 Å². The highest BCUT2D eigenvalue weighted by molar-refractivity contribution is 5.93. The molecule has 0 aliphatic heterocycles. The van der Waals surface area contributed by atoms with Gasteiger partial charge in [-0.2, -0.15) is 0 Å². The predicted octanol–water partition coefficient (Wildman–Crippen LogP) is 3.60. The molecule has 3 aromatic carbocycles. The number of carbonyl (C=O) groups excluding carboxylic acids is 2. The van der Waals surface area contributed by atoms with Crippen molar-refractivity contribution in [1.82, 2.24) is 10.2 Å². The summed E-state index contributed by atoms with van der Waals surface area (Å²) in [6, 6.07) is 21.2. The Bertz CT molecular complexity index is 1030. The van der Waals surface area contributed by atoms with Gasteiger partial charge in [0.2, 0.25) is 11.8 Å². The number of hydrogen-bond acceptors (Lipinski definition) is 4. The highest BCUT2D eigenvalue weighted by atomic mass is 16.5. The quantitative estimate of drug-likeness (QED) is 0.601. The van der Waals surface area contributed by atoms with E-state index < -0.39 is 0 Å². The van der Waals surface area contributed by atoms with Crippen molar-refractivity contribution in [1.29, 1.82) is 0 Å². The van der Waals surface area contributed by atoms with Gasteiger partial charge in [-0.1, -0.05) is 48.5 Å². The van der Waals surface area contributed by atoms with Gasteiger partial charge in [0, 0.05) is 11.8 Å². The Kier molecular flexibility index (Phi) is 7.03. The molecule has 6 heteroatoms. The number of nitrogens with zero attached hydrogens (tertiary/aromatic N) is 1. The molecular formula is C24H27N3O3. The van der Waals surface area contributed by atoms with E-state index in [1.165, 1.54) is 0 Å². The number of rotatable bonds is 8. The molecule has 1 atom stereocenters. The minimum absolute atomic E-state index is 0.104. The summed E-state index contributed by atoms with van der Waals surface area (Å²) in [5.41, 5.74) is 1.72. The number of benzene rings is 3. The Morgan fingerprint density at radius 1 is 0.967 bits per heavy atom. The summed E-state index contributed by atoms with van der Waals surface area (Å²) in [4.78, 5) is 26.4. The SMILES string of the molecule is COc1cccc(NC(=O)CN(C)CC(=O)N[C@H](C)c2cccc3ccccc23)c1. The standard InChI is InChI=1S/C24H27N3O3/c1-17(21-13-6-9-18-8-4-5-12-22(18)21)25-23(28)15-27(2)16-24(29)26-19-10-7-11-20(14-19)30-3/h4-14,17H,15-16H2,1-3H3,(H,25,28)(H,26,29)/t17-/m1/s1.